The zero-order chi connectivity index (χ0) is 25.2. The van der Waals surface area contributed by atoms with Gasteiger partial charge in [-0.2, -0.15) is 0 Å². The van der Waals surface area contributed by atoms with Crippen molar-refractivity contribution in [1.82, 2.24) is 15.5 Å². The fourth-order valence-corrected chi connectivity index (χ4v) is 4.98. The number of hydrogen-bond acceptors (Lipinski definition) is 6. The number of hydrogen-bond donors (Lipinski definition) is 4. The molecule has 11 heteroatoms. The number of carbonyl (C=O) groups is 5. The number of anilines is 1. The van der Waals surface area contributed by atoms with E-state index >= 15 is 0 Å². The van der Waals surface area contributed by atoms with E-state index in [1.807, 2.05) is 0 Å². The minimum Gasteiger partial charge on any atom is -0.481 e. The number of nitrogens with zero attached hydrogens (tertiary/aromatic N) is 1. The molecule has 0 spiro atoms. The second-order valence-corrected chi connectivity index (χ2v) is 9.60. The molecule has 1 aromatic carbocycles. The largest absolute Gasteiger partial charge is 0.481 e. The third-order valence-corrected chi connectivity index (χ3v) is 6.80. The number of fused-ring (bicyclic) bond motifs is 2. The van der Waals surface area contributed by atoms with Crippen molar-refractivity contribution in [3.05, 3.63) is 28.8 Å². The Labute approximate surface area is 202 Å². The quantitative estimate of drug-likeness (QED) is 0.298. The van der Waals surface area contributed by atoms with Gasteiger partial charge in [-0.05, 0) is 49.3 Å². The Morgan fingerprint density at radius 1 is 1.24 bits per heavy atom. The number of carbonyl (C=O) groups excluding carboxylic acids is 4. The minimum absolute atomic E-state index is 0.0921. The number of amides is 3. The maximum Gasteiger partial charge on any atom is 0.305 e. The van der Waals surface area contributed by atoms with Crippen LogP contribution in [0.3, 0.4) is 0 Å². The van der Waals surface area contributed by atoms with E-state index in [1.165, 1.54) is 23.1 Å². The standard InChI is InChI=1S/C23H29ClN4O6/c1-11(2)19(27-21(32)13-4-6-17(25)16(24)8-13)23(34)28-15-5-3-12(7-15)20(28)22(33)26-14(10-29)9-18(30)31/h4,6,8,10-12,14-15,19-20H,3,5,7,9,25H2,1-2H3,(H,26,33)(H,27,32)(H,30,31)/t12?,14-,15?,19?,20?/m0/s1. The van der Waals surface area contributed by atoms with Gasteiger partial charge >= 0.3 is 5.97 Å². The van der Waals surface area contributed by atoms with E-state index in [0.717, 1.165) is 12.8 Å². The number of aldehydes is 1. The molecule has 1 saturated carbocycles. The molecule has 184 valence electrons. The zero-order valence-corrected chi connectivity index (χ0v) is 19.7. The third kappa shape index (κ3) is 5.32. The Balaban J connectivity index is 1.80. The summed E-state index contributed by atoms with van der Waals surface area (Å²) in [5.74, 6) is -3.04. The number of likely N-dealkylation sites (tertiary alicyclic amines) is 1. The van der Waals surface area contributed by atoms with Gasteiger partial charge < -0.3 is 31.2 Å². The number of piperidine rings is 1. The van der Waals surface area contributed by atoms with Crippen molar-refractivity contribution in [3.63, 3.8) is 0 Å². The molecule has 34 heavy (non-hydrogen) atoms. The van der Waals surface area contributed by atoms with E-state index in [2.05, 4.69) is 10.6 Å². The average molecular weight is 493 g/mol. The highest BCUT2D eigenvalue weighted by molar-refractivity contribution is 6.33. The van der Waals surface area contributed by atoms with Gasteiger partial charge in [0.25, 0.3) is 5.91 Å². The lowest BCUT2D eigenvalue weighted by molar-refractivity contribution is -0.146. The summed E-state index contributed by atoms with van der Waals surface area (Å²) in [6.45, 7) is 3.58. The SMILES string of the molecule is CC(C)C(NC(=O)c1ccc(N)c(Cl)c1)C(=O)N1C2CCC(C2)C1C(=O)N[C@H](C=O)CC(=O)O. The normalized spacial score (nSPS) is 22.8. The predicted octanol–water partition coefficient (Wildman–Crippen LogP) is 1.21. The number of aliphatic carboxylic acids is 1. The molecule has 3 amide bonds. The molecule has 10 nitrogen and oxygen atoms in total. The second-order valence-electron chi connectivity index (χ2n) is 9.20. The van der Waals surface area contributed by atoms with Crippen LogP contribution in [-0.4, -0.2) is 64.2 Å². The van der Waals surface area contributed by atoms with Crippen LogP contribution >= 0.6 is 11.6 Å². The number of nitrogens with one attached hydrogen (secondary N) is 2. The van der Waals surface area contributed by atoms with Crippen molar-refractivity contribution in [2.75, 3.05) is 5.73 Å². The van der Waals surface area contributed by atoms with Crippen molar-refractivity contribution in [1.29, 1.82) is 0 Å². The van der Waals surface area contributed by atoms with E-state index in [0.29, 0.717) is 18.4 Å². The molecule has 5 N–H and O–H groups in total. The van der Waals surface area contributed by atoms with Gasteiger partial charge in [0.1, 0.15) is 18.4 Å². The number of nitrogen functional groups attached to an aromatic ring is 1. The fourth-order valence-electron chi connectivity index (χ4n) is 4.80. The Morgan fingerprint density at radius 2 is 1.94 bits per heavy atom. The summed E-state index contributed by atoms with van der Waals surface area (Å²) in [6, 6.07) is 1.36. The van der Waals surface area contributed by atoms with Gasteiger partial charge in [-0.25, -0.2) is 0 Å². The molecule has 0 aromatic heterocycles. The molecule has 3 rings (SSSR count). The van der Waals surface area contributed by atoms with Gasteiger partial charge in [-0.1, -0.05) is 25.4 Å². The average Bonchev–Trinajstić information content (AvgIpc) is 3.39. The Morgan fingerprint density at radius 3 is 2.53 bits per heavy atom. The second kappa shape index (κ2) is 10.4. The number of benzene rings is 1. The molecule has 1 heterocycles. The molecular formula is C23H29ClN4O6. The Bertz CT molecular complexity index is 1000. The highest BCUT2D eigenvalue weighted by Crippen LogP contribution is 2.43. The first kappa shape index (κ1) is 25.5. The third-order valence-electron chi connectivity index (χ3n) is 6.48. The van der Waals surface area contributed by atoms with Crippen LogP contribution in [0.2, 0.25) is 5.02 Å². The van der Waals surface area contributed by atoms with Crippen LogP contribution < -0.4 is 16.4 Å². The molecule has 2 bridgehead atoms. The first-order valence-electron chi connectivity index (χ1n) is 11.2. The van der Waals surface area contributed by atoms with E-state index in [4.69, 9.17) is 22.4 Å². The number of carboxylic acids is 1. The molecule has 0 radical (unpaired) electrons. The number of halogens is 1. The topological polar surface area (TPSA) is 159 Å². The Hall–Kier alpha value is -3.14. The monoisotopic (exact) mass is 492 g/mol. The molecule has 2 aliphatic rings. The lowest BCUT2D eigenvalue weighted by Crippen LogP contribution is -2.60. The molecule has 1 aliphatic heterocycles. The number of nitrogens with two attached hydrogens (primary N) is 1. The van der Waals surface area contributed by atoms with Crippen LogP contribution in [0.25, 0.3) is 0 Å². The fraction of sp³-hybridized carbons (Fsp3) is 0.522. The summed E-state index contributed by atoms with van der Waals surface area (Å²) in [7, 11) is 0. The highest BCUT2D eigenvalue weighted by Gasteiger charge is 2.52. The molecule has 4 unspecified atom stereocenters. The van der Waals surface area contributed by atoms with Crippen molar-refractivity contribution in [2.24, 2.45) is 11.8 Å². The summed E-state index contributed by atoms with van der Waals surface area (Å²) >= 11 is 6.02. The number of rotatable bonds is 9. The Kier molecular flexibility index (Phi) is 7.81. The van der Waals surface area contributed by atoms with Gasteiger partial charge in [-0.15, -0.1) is 0 Å². The van der Waals surface area contributed by atoms with E-state index in [9.17, 15) is 24.0 Å². The van der Waals surface area contributed by atoms with Gasteiger partial charge in [-0.3, -0.25) is 19.2 Å². The summed E-state index contributed by atoms with van der Waals surface area (Å²) in [6.07, 6.45) is 1.96. The number of carboxylic acid groups (broad SMARTS) is 1. The van der Waals surface area contributed by atoms with Gasteiger partial charge in [0.2, 0.25) is 11.8 Å². The van der Waals surface area contributed by atoms with Crippen LogP contribution in [-0.2, 0) is 19.2 Å². The van der Waals surface area contributed by atoms with Crippen molar-refractivity contribution >= 4 is 47.3 Å². The van der Waals surface area contributed by atoms with Crippen LogP contribution in [0.5, 0.6) is 0 Å². The van der Waals surface area contributed by atoms with Crippen molar-refractivity contribution in [2.45, 2.75) is 63.7 Å². The molecule has 1 aromatic rings. The molecule has 1 aliphatic carbocycles. The first-order valence-corrected chi connectivity index (χ1v) is 11.6. The van der Waals surface area contributed by atoms with Crippen molar-refractivity contribution in [3.8, 4) is 0 Å². The smallest absolute Gasteiger partial charge is 0.305 e. The first-order chi connectivity index (χ1) is 16.0. The lowest BCUT2D eigenvalue weighted by Gasteiger charge is -2.38. The molecular weight excluding hydrogens is 464 g/mol. The maximum absolute atomic E-state index is 13.6. The summed E-state index contributed by atoms with van der Waals surface area (Å²) < 4.78 is 0. The maximum atomic E-state index is 13.6. The minimum atomic E-state index is -1.22. The van der Waals surface area contributed by atoms with Crippen LogP contribution in [0.15, 0.2) is 18.2 Å². The molecule has 2 fully saturated rings. The van der Waals surface area contributed by atoms with Gasteiger partial charge in [0, 0.05) is 11.6 Å². The zero-order valence-electron chi connectivity index (χ0n) is 19.0. The molecule has 1 saturated heterocycles. The highest BCUT2D eigenvalue weighted by atomic mass is 35.5. The summed E-state index contributed by atoms with van der Waals surface area (Å²) in [4.78, 5) is 63.2. The van der Waals surface area contributed by atoms with Crippen LogP contribution in [0.1, 0.15) is 49.9 Å². The lowest BCUT2D eigenvalue weighted by atomic mass is 9.95. The predicted molar refractivity (Wildman–Crippen MR) is 124 cm³/mol. The van der Waals surface area contributed by atoms with Crippen LogP contribution in [0.4, 0.5) is 5.69 Å². The van der Waals surface area contributed by atoms with Crippen LogP contribution in [0, 0.1) is 11.8 Å². The van der Waals surface area contributed by atoms with Gasteiger partial charge in [0.05, 0.1) is 23.2 Å². The van der Waals surface area contributed by atoms with Gasteiger partial charge in [0.15, 0.2) is 0 Å². The van der Waals surface area contributed by atoms with E-state index < -0.39 is 48.2 Å². The van der Waals surface area contributed by atoms with E-state index in [1.54, 1.807) is 13.8 Å². The van der Waals surface area contributed by atoms with Crippen molar-refractivity contribution < 1.29 is 29.1 Å². The molecule has 5 atom stereocenters. The summed E-state index contributed by atoms with van der Waals surface area (Å²) in [5.41, 5.74) is 6.28. The van der Waals surface area contributed by atoms with E-state index in [-0.39, 0.29) is 28.5 Å². The summed E-state index contributed by atoms with van der Waals surface area (Å²) in [5, 5.41) is 14.4.